The van der Waals surface area contributed by atoms with Gasteiger partial charge in [-0.15, -0.1) is 0 Å². The third-order valence-electron chi connectivity index (χ3n) is 3.72. The Labute approximate surface area is 118 Å². The quantitative estimate of drug-likeness (QED) is 0.915. The molecular weight excluding hydrogens is 252 g/mol. The number of hydrogen-bond donors (Lipinski definition) is 1. The SMILES string of the molecule is CC(C)N1CCC(Nc2ccc(-n3cncn3)nc2)C1. The molecule has 1 N–H and O–H groups in total. The summed E-state index contributed by atoms with van der Waals surface area (Å²) in [7, 11) is 0. The van der Waals surface area contributed by atoms with Crippen molar-refractivity contribution < 1.29 is 0 Å². The summed E-state index contributed by atoms with van der Waals surface area (Å²) in [6.07, 6.45) is 6.19. The lowest BCUT2D eigenvalue weighted by Crippen LogP contribution is -2.31. The molecular formula is C14H20N6. The smallest absolute Gasteiger partial charge is 0.155 e. The molecule has 20 heavy (non-hydrogen) atoms. The lowest BCUT2D eigenvalue weighted by molar-refractivity contribution is 0.274. The Morgan fingerprint density at radius 3 is 2.85 bits per heavy atom. The summed E-state index contributed by atoms with van der Waals surface area (Å²) in [6, 6.07) is 5.12. The molecule has 0 bridgehead atoms. The molecule has 3 rings (SSSR count). The highest BCUT2D eigenvalue weighted by Crippen LogP contribution is 2.17. The Morgan fingerprint density at radius 2 is 2.25 bits per heavy atom. The second-order valence-electron chi connectivity index (χ2n) is 5.46. The van der Waals surface area contributed by atoms with Crippen LogP contribution < -0.4 is 5.32 Å². The minimum atomic E-state index is 0.511. The maximum atomic E-state index is 4.40. The summed E-state index contributed by atoms with van der Waals surface area (Å²) in [5.41, 5.74) is 1.06. The molecule has 0 radical (unpaired) electrons. The lowest BCUT2D eigenvalue weighted by atomic mass is 10.2. The fourth-order valence-corrected chi connectivity index (χ4v) is 2.54. The van der Waals surface area contributed by atoms with E-state index in [1.807, 2.05) is 18.3 Å². The van der Waals surface area contributed by atoms with Crippen molar-refractivity contribution in [2.75, 3.05) is 18.4 Å². The third kappa shape index (κ3) is 2.80. The van der Waals surface area contributed by atoms with E-state index in [0.717, 1.165) is 18.1 Å². The minimum Gasteiger partial charge on any atom is -0.380 e. The Kier molecular flexibility index (Phi) is 3.64. The molecule has 1 saturated heterocycles. The monoisotopic (exact) mass is 272 g/mol. The van der Waals surface area contributed by atoms with Crippen LogP contribution in [0.2, 0.25) is 0 Å². The van der Waals surface area contributed by atoms with Crippen molar-refractivity contribution in [1.29, 1.82) is 0 Å². The third-order valence-corrected chi connectivity index (χ3v) is 3.72. The van der Waals surface area contributed by atoms with Crippen LogP contribution in [0.3, 0.4) is 0 Å². The van der Waals surface area contributed by atoms with Crippen LogP contribution in [-0.4, -0.2) is 49.8 Å². The van der Waals surface area contributed by atoms with E-state index >= 15 is 0 Å². The first-order valence-corrected chi connectivity index (χ1v) is 7.04. The first kappa shape index (κ1) is 13.1. The molecule has 1 aliphatic heterocycles. The standard InChI is InChI=1S/C14H20N6/c1-11(2)19-6-5-13(8-19)18-12-3-4-14(16-7-12)20-10-15-9-17-20/h3-4,7,9-11,13,18H,5-6,8H2,1-2H3. The highest BCUT2D eigenvalue weighted by molar-refractivity contribution is 5.44. The number of hydrogen-bond acceptors (Lipinski definition) is 5. The van der Waals surface area contributed by atoms with Crippen LogP contribution in [0.4, 0.5) is 5.69 Å². The number of nitrogens with zero attached hydrogens (tertiary/aromatic N) is 5. The zero-order chi connectivity index (χ0) is 13.9. The van der Waals surface area contributed by atoms with Gasteiger partial charge in [0.1, 0.15) is 12.7 Å². The van der Waals surface area contributed by atoms with E-state index < -0.39 is 0 Å². The van der Waals surface area contributed by atoms with E-state index in [-0.39, 0.29) is 0 Å². The van der Waals surface area contributed by atoms with Crippen LogP contribution in [0.1, 0.15) is 20.3 Å². The van der Waals surface area contributed by atoms with Gasteiger partial charge >= 0.3 is 0 Å². The zero-order valence-electron chi connectivity index (χ0n) is 11.9. The predicted molar refractivity (Wildman–Crippen MR) is 77.9 cm³/mol. The molecule has 0 aromatic carbocycles. The van der Waals surface area contributed by atoms with Crippen molar-refractivity contribution in [3.8, 4) is 5.82 Å². The fourth-order valence-electron chi connectivity index (χ4n) is 2.54. The van der Waals surface area contributed by atoms with Crippen LogP contribution in [-0.2, 0) is 0 Å². The van der Waals surface area contributed by atoms with E-state index in [0.29, 0.717) is 12.1 Å². The molecule has 2 aromatic heterocycles. The number of likely N-dealkylation sites (tertiary alicyclic amines) is 1. The van der Waals surface area contributed by atoms with Crippen LogP contribution in [0.25, 0.3) is 5.82 Å². The number of anilines is 1. The molecule has 1 atom stereocenters. The number of rotatable bonds is 4. The van der Waals surface area contributed by atoms with Gasteiger partial charge in [-0.1, -0.05) is 0 Å². The van der Waals surface area contributed by atoms with Gasteiger partial charge in [0.2, 0.25) is 0 Å². The van der Waals surface area contributed by atoms with Crippen molar-refractivity contribution in [3.05, 3.63) is 31.0 Å². The molecule has 0 amide bonds. The highest BCUT2D eigenvalue weighted by atomic mass is 15.3. The average Bonchev–Trinajstić information content (AvgIpc) is 3.10. The van der Waals surface area contributed by atoms with Gasteiger partial charge in [-0.25, -0.2) is 14.6 Å². The van der Waals surface area contributed by atoms with Gasteiger partial charge in [0.15, 0.2) is 5.82 Å². The molecule has 0 aliphatic carbocycles. The Balaban J connectivity index is 1.62. The summed E-state index contributed by atoms with van der Waals surface area (Å²) in [5.74, 6) is 0.781. The van der Waals surface area contributed by atoms with Gasteiger partial charge in [0.25, 0.3) is 0 Å². The second kappa shape index (κ2) is 5.58. The Morgan fingerprint density at radius 1 is 1.35 bits per heavy atom. The van der Waals surface area contributed by atoms with Crippen molar-refractivity contribution in [3.63, 3.8) is 0 Å². The van der Waals surface area contributed by atoms with E-state index in [9.17, 15) is 0 Å². The molecule has 1 fully saturated rings. The van der Waals surface area contributed by atoms with Crippen molar-refractivity contribution in [2.45, 2.75) is 32.4 Å². The summed E-state index contributed by atoms with van der Waals surface area (Å²) in [6.45, 7) is 6.76. The van der Waals surface area contributed by atoms with Crippen LogP contribution in [0.15, 0.2) is 31.0 Å². The number of nitrogens with one attached hydrogen (secondary N) is 1. The Hall–Kier alpha value is -1.95. The normalized spacial score (nSPS) is 19.6. The van der Waals surface area contributed by atoms with E-state index in [1.54, 1.807) is 11.0 Å². The molecule has 0 spiro atoms. The summed E-state index contributed by atoms with van der Waals surface area (Å²) >= 11 is 0. The molecule has 106 valence electrons. The van der Waals surface area contributed by atoms with Crippen LogP contribution >= 0.6 is 0 Å². The van der Waals surface area contributed by atoms with Gasteiger partial charge in [-0.05, 0) is 32.4 Å². The van der Waals surface area contributed by atoms with E-state index in [1.165, 1.54) is 19.3 Å². The molecule has 2 aromatic rings. The second-order valence-corrected chi connectivity index (χ2v) is 5.46. The zero-order valence-corrected chi connectivity index (χ0v) is 11.9. The van der Waals surface area contributed by atoms with Gasteiger partial charge < -0.3 is 5.32 Å². The highest BCUT2D eigenvalue weighted by Gasteiger charge is 2.23. The summed E-state index contributed by atoms with van der Waals surface area (Å²) in [5, 5.41) is 7.61. The maximum Gasteiger partial charge on any atom is 0.155 e. The van der Waals surface area contributed by atoms with Crippen molar-refractivity contribution in [2.24, 2.45) is 0 Å². The molecule has 3 heterocycles. The molecule has 6 heteroatoms. The maximum absolute atomic E-state index is 4.40. The Bertz CT molecular complexity index is 533. The number of aromatic nitrogens is 4. The molecule has 1 unspecified atom stereocenters. The average molecular weight is 272 g/mol. The van der Waals surface area contributed by atoms with Crippen LogP contribution in [0.5, 0.6) is 0 Å². The van der Waals surface area contributed by atoms with Crippen molar-refractivity contribution >= 4 is 5.69 Å². The first-order chi connectivity index (χ1) is 9.72. The topological polar surface area (TPSA) is 58.9 Å². The number of pyridine rings is 1. The van der Waals surface area contributed by atoms with Gasteiger partial charge in [-0.3, -0.25) is 4.90 Å². The minimum absolute atomic E-state index is 0.511. The van der Waals surface area contributed by atoms with E-state index in [4.69, 9.17) is 0 Å². The van der Waals surface area contributed by atoms with Gasteiger partial charge in [0.05, 0.1) is 11.9 Å². The van der Waals surface area contributed by atoms with Crippen molar-refractivity contribution in [1.82, 2.24) is 24.6 Å². The van der Waals surface area contributed by atoms with Crippen LogP contribution in [0, 0.1) is 0 Å². The molecule has 1 aliphatic rings. The lowest BCUT2D eigenvalue weighted by Gasteiger charge is -2.20. The van der Waals surface area contributed by atoms with Gasteiger partial charge in [-0.2, -0.15) is 5.10 Å². The summed E-state index contributed by atoms with van der Waals surface area (Å²) in [4.78, 5) is 10.8. The predicted octanol–water partition coefficient (Wildman–Crippen LogP) is 1.56. The summed E-state index contributed by atoms with van der Waals surface area (Å²) < 4.78 is 1.65. The largest absolute Gasteiger partial charge is 0.380 e. The van der Waals surface area contributed by atoms with E-state index in [2.05, 4.69) is 39.1 Å². The first-order valence-electron chi connectivity index (χ1n) is 7.04. The molecule has 0 saturated carbocycles. The fraction of sp³-hybridized carbons (Fsp3) is 0.500. The van der Waals surface area contributed by atoms with Gasteiger partial charge in [0, 0.05) is 25.2 Å². The molecule has 6 nitrogen and oxygen atoms in total.